The predicted molar refractivity (Wildman–Crippen MR) is 105 cm³/mol. The Morgan fingerprint density at radius 1 is 1.21 bits per heavy atom. The molecule has 1 aromatic rings. The van der Waals surface area contributed by atoms with E-state index in [0.29, 0.717) is 17.3 Å². The summed E-state index contributed by atoms with van der Waals surface area (Å²) in [5.74, 6) is -1.53. The maximum atomic E-state index is 12.4. The number of nitrogens with zero attached hydrogens (tertiary/aromatic N) is 1. The summed E-state index contributed by atoms with van der Waals surface area (Å²) in [6, 6.07) is 3.01. The van der Waals surface area contributed by atoms with E-state index in [9.17, 15) is 19.2 Å². The Hall–Kier alpha value is -2.72. The maximum absolute atomic E-state index is 12.4. The van der Waals surface area contributed by atoms with Crippen LogP contribution in [-0.2, 0) is 23.9 Å². The standard InChI is InChI=1S/C18H18ClNO8S/c1-4-27-14(21)8-20-17(23)13(29-18(20)24)7-10-5-11(19)16(12(6-10)25-2)28-9-15(22)26-3/h5-7H,4,8-9H2,1-3H3/b13-7+. The number of amides is 2. The Morgan fingerprint density at radius 2 is 1.93 bits per heavy atom. The summed E-state index contributed by atoms with van der Waals surface area (Å²) >= 11 is 6.90. The summed E-state index contributed by atoms with van der Waals surface area (Å²) in [6.45, 7) is 0.952. The average Bonchev–Trinajstić information content (AvgIpc) is 2.94. The second-order valence-electron chi connectivity index (χ2n) is 5.47. The van der Waals surface area contributed by atoms with E-state index in [4.69, 9.17) is 25.8 Å². The Morgan fingerprint density at radius 3 is 2.55 bits per heavy atom. The molecule has 2 rings (SSSR count). The third kappa shape index (κ3) is 5.64. The van der Waals surface area contributed by atoms with E-state index in [1.165, 1.54) is 32.4 Å². The summed E-state index contributed by atoms with van der Waals surface area (Å²) < 4.78 is 19.8. The fraction of sp³-hybridized carbons (Fsp3) is 0.333. The van der Waals surface area contributed by atoms with E-state index in [1.807, 2.05) is 0 Å². The lowest BCUT2D eigenvalue weighted by Crippen LogP contribution is -2.34. The quantitative estimate of drug-likeness (QED) is 0.442. The summed E-state index contributed by atoms with van der Waals surface area (Å²) in [5.41, 5.74) is 0.457. The van der Waals surface area contributed by atoms with Crippen molar-refractivity contribution in [1.82, 2.24) is 4.90 Å². The molecule has 156 valence electrons. The number of rotatable bonds is 8. The molecule has 1 fully saturated rings. The van der Waals surface area contributed by atoms with Crippen molar-refractivity contribution in [2.45, 2.75) is 6.92 Å². The zero-order chi connectivity index (χ0) is 21.6. The van der Waals surface area contributed by atoms with Gasteiger partial charge in [0.05, 0.1) is 30.8 Å². The molecule has 1 aliphatic heterocycles. The molecular weight excluding hydrogens is 426 g/mol. The molecule has 11 heteroatoms. The van der Waals surface area contributed by atoms with Gasteiger partial charge in [-0.25, -0.2) is 4.79 Å². The van der Waals surface area contributed by atoms with Gasteiger partial charge >= 0.3 is 11.9 Å². The highest BCUT2D eigenvalue weighted by Gasteiger charge is 2.36. The lowest BCUT2D eigenvalue weighted by molar-refractivity contribution is -0.146. The molecule has 1 saturated heterocycles. The van der Waals surface area contributed by atoms with Crippen LogP contribution in [0.15, 0.2) is 17.0 Å². The van der Waals surface area contributed by atoms with Crippen LogP contribution in [0.2, 0.25) is 5.02 Å². The Labute approximate surface area is 175 Å². The predicted octanol–water partition coefficient (Wildman–Crippen LogP) is 2.50. The van der Waals surface area contributed by atoms with Crippen LogP contribution in [0.4, 0.5) is 4.79 Å². The highest BCUT2D eigenvalue weighted by Crippen LogP contribution is 2.39. The van der Waals surface area contributed by atoms with Crippen LogP contribution in [0.5, 0.6) is 11.5 Å². The third-order valence-electron chi connectivity index (χ3n) is 3.58. The number of imide groups is 1. The molecule has 1 aromatic carbocycles. The van der Waals surface area contributed by atoms with Gasteiger partial charge in [0.25, 0.3) is 11.1 Å². The summed E-state index contributed by atoms with van der Waals surface area (Å²) in [4.78, 5) is 48.2. The van der Waals surface area contributed by atoms with Crippen LogP contribution < -0.4 is 9.47 Å². The van der Waals surface area contributed by atoms with E-state index in [1.54, 1.807) is 6.92 Å². The van der Waals surface area contributed by atoms with Gasteiger partial charge in [-0.2, -0.15) is 0 Å². The molecule has 0 saturated carbocycles. The highest BCUT2D eigenvalue weighted by atomic mass is 35.5. The van der Waals surface area contributed by atoms with Crippen molar-refractivity contribution >= 4 is 52.5 Å². The van der Waals surface area contributed by atoms with E-state index >= 15 is 0 Å². The number of benzene rings is 1. The molecule has 0 aromatic heterocycles. The maximum Gasteiger partial charge on any atom is 0.343 e. The van der Waals surface area contributed by atoms with Gasteiger partial charge in [-0.1, -0.05) is 11.6 Å². The van der Waals surface area contributed by atoms with E-state index < -0.39 is 29.6 Å². The van der Waals surface area contributed by atoms with Crippen molar-refractivity contribution < 1.29 is 38.1 Å². The first-order valence-corrected chi connectivity index (χ1v) is 9.48. The van der Waals surface area contributed by atoms with Crippen molar-refractivity contribution in [3.05, 3.63) is 27.6 Å². The minimum absolute atomic E-state index is 0.112. The van der Waals surface area contributed by atoms with Crippen molar-refractivity contribution in [1.29, 1.82) is 0 Å². The van der Waals surface area contributed by atoms with Gasteiger partial charge in [-0.15, -0.1) is 0 Å². The number of carbonyl (C=O) groups excluding carboxylic acids is 4. The fourth-order valence-corrected chi connectivity index (χ4v) is 3.39. The highest BCUT2D eigenvalue weighted by molar-refractivity contribution is 8.18. The van der Waals surface area contributed by atoms with Crippen LogP contribution >= 0.6 is 23.4 Å². The smallest absolute Gasteiger partial charge is 0.343 e. The number of thioether (sulfide) groups is 1. The van der Waals surface area contributed by atoms with Crippen LogP contribution in [0.3, 0.4) is 0 Å². The van der Waals surface area contributed by atoms with Crippen molar-refractivity contribution in [3.63, 3.8) is 0 Å². The molecule has 0 unspecified atom stereocenters. The number of ether oxygens (including phenoxy) is 4. The molecule has 0 bridgehead atoms. The Balaban J connectivity index is 2.24. The first kappa shape index (κ1) is 22.6. The molecule has 2 amide bonds. The molecule has 29 heavy (non-hydrogen) atoms. The topological polar surface area (TPSA) is 108 Å². The number of esters is 2. The second-order valence-corrected chi connectivity index (χ2v) is 6.87. The number of halogens is 1. The van der Waals surface area contributed by atoms with Crippen LogP contribution in [0.25, 0.3) is 6.08 Å². The Bertz CT molecular complexity index is 870. The molecule has 0 spiro atoms. The molecule has 0 N–H and O–H groups in total. The van der Waals surface area contributed by atoms with Crippen LogP contribution in [0.1, 0.15) is 12.5 Å². The minimum Gasteiger partial charge on any atom is -0.493 e. The second kappa shape index (κ2) is 10.2. The SMILES string of the molecule is CCOC(=O)CN1C(=O)S/C(=C/c2cc(Cl)c(OCC(=O)OC)c(OC)c2)C1=O. The first-order chi connectivity index (χ1) is 13.8. The number of methoxy groups -OCH3 is 2. The Kier molecular flexibility index (Phi) is 7.91. The zero-order valence-corrected chi connectivity index (χ0v) is 17.4. The molecule has 1 aliphatic rings. The summed E-state index contributed by atoms with van der Waals surface area (Å²) in [5, 5.41) is -0.448. The minimum atomic E-state index is -0.673. The zero-order valence-electron chi connectivity index (χ0n) is 15.9. The van der Waals surface area contributed by atoms with E-state index in [-0.39, 0.29) is 34.6 Å². The number of carbonyl (C=O) groups is 4. The van der Waals surface area contributed by atoms with Crippen molar-refractivity contribution in [2.24, 2.45) is 0 Å². The van der Waals surface area contributed by atoms with Gasteiger partial charge in [0, 0.05) is 0 Å². The molecule has 0 aliphatic carbocycles. The van der Waals surface area contributed by atoms with Gasteiger partial charge in [-0.05, 0) is 42.5 Å². The van der Waals surface area contributed by atoms with Gasteiger partial charge in [0.1, 0.15) is 6.54 Å². The normalized spacial score (nSPS) is 14.9. The van der Waals surface area contributed by atoms with Gasteiger partial charge in [0.2, 0.25) is 0 Å². The van der Waals surface area contributed by atoms with Crippen molar-refractivity contribution in [3.8, 4) is 11.5 Å². The van der Waals surface area contributed by atoms with Gasteiger partial charge < -0.3 is 18.9 Å². The van der Waals surface area contributed by atoms with E-state index in [0.717, 1.165) is 4.90 Å². The first-order valence-electron chi connectivity index (χ1n) is 8.28. The average molecular weight is 444 g/mol. The largest absolute Gasteiger partial charge is 0.493 e. The summed E-state index contributed by atoms with van der Waals surface area (Å²) in [6.07, 6.45) is 1.44. The van der Waals surface area contributed by atoms with Crippen molar-refractivity contribution in [2.75, 3.05) is 34.0 Å². The molecule has 1 heterocycles. The van der Waals surface area contributed by atoms with Crippen LogP contribution in [0, 0.1) is 0 Å². The summed E-state index contributed by atoms with van der Waals surface area (Å²) in [7, 11) is 2.61. The third-order valence-corrected chi connectivity index (χ3v) is 4.77. The molecule has 9 nitrogen and oxygen atoms in total. The molecule has 0 radical (unpaired) electrons. The number of hydrogen-bond acceptors (Lipinski definition) is 9. The monoisotopic (exact) mass is 443 g/mol. The molecular formula is C18H18ClNO8S. The van der Waals surface area contributed by atoms with Gasteiger partial charge in [0.15, 0.2) is 18.1 Å². The van der Waals surface area contributed by atoms with E-state index in [2.05, 4.69) is 4.74 Å². The van der Waals surface area contributed by atoms with Crippen LogP contribution in [-0.4, -0.2) is 62.0 Å². The number of hydrogen-bond donors (Lipinski definition) is 0. The molecule has 0 atom stereocenters. The van der Waals surface area contributed by atoms with Gasteiger partial charge in [-0.3, -0.25) is 19.3 Å². The lowest BCUT2D eigenvalue weighted by Gasteiger charge is -2.13. The lowest BCUT2D eigenvalue weighted by atomic mass is 10.1. The fourth-order valence-electron chi connectivity index (χ4n) is 2.28.